The van der Waals surface area contributed by atoms with Gasteiger partial charge in [-0.15, -0.1) is 0 Å². The van der Waals surface area contributed by atoms with Crippen LogP contribution in [0.4, 0.5) is 11.6 Å². The van der Waals surface area contributed by atoms with Crippen LogP contribution in [0.2, 0.25) is 0 Å². The molecule has 3 heterocycles. The van der Waals surface area contributed by atoms with Crippen LogP contribution in [0.5, 0.6) is 0 Å². The van der Waals surface area contributed by atoms with Gasteiger partial charge in [-0.3, -0.25) is 9.69 Å². The number of unbranched alkanes of at least 4 members (excludes halogenated alkanes) is 1. The largest absolute Gasteiger partial charge is 0.399 e. The first kappa shape index (κ1) is 19.6. The summed E-state index contributed by atoms with van der Waals surface area (Å²) in [6.07, 6.45) is 4.93. The van der Waals surface area contributed by atoms with Crippen LogP contribution in [0.15, 0.2) is 41.6 Å². The van der Waals surface area contributed by atoms with Crippen LogP contribution in [-0.2, 0) is 10.0 Å². The van der Waals surface area contributed by atoms with Crippen molar-refractivity contribution in [3.8, 4) is 0 Å². The molecule has 0 unspecified atom stereocenters. The topological polar surface area (TPSA) is 113 Å². The highest BCUT2D eigenvalue weighted by Gasteiger charge is 2.40. The zero-order chi connectivity index (χ0) is 20.4. The number of aromatic nitrogens is 2. The number of carbonyl (C=O) groups is 1. The lowest BCUT2D eigenvalue weighted by atomic mass is 10.2. The summed E-state index contributed by atoms with van der Waals surface area (Å²) in [6, 6.07) is 6.16. The van der Waals surface area contributed by atoms with Crippen LogP contribution < -0.4 is 10.6 Å². The lowest BCUT2D eigenvalue weighted by molar-refractivity contribution is 0.0868. The molecule has 1 aromatic heterocycles. The fraction of sp³-hybridized carbons (Fsp3) is 0.421. The number of amides is 1. The molecule has 29 heavy (non-hydrogen) atoms. The normalized spacial score (nSPS) is 18.8. The molecule has 2 aromatic rings. The van der Waals surface area contributed by atoms with E-state index in [9.17, 15) is 13.2 Å². The van der Waals surface area contributed by atoms with Gasteiger partial charge in [0.1, 0.15) is 4.90 Å². The molecule has 1 aromatic carbocycles. The standard InChI is InChI=1S/C19H24N6O3S/c20-15-4-5-17-16(14-15)18(26)25(29(17,27)28)9-2-1-8-23-10-12-24(13-11-23)19-21-6-3-7-22-19/h3-7,14H,1-2,8-13,20H2. The number of piperazine rings is 1. The Kier molecular flexibility index (Phi) is 5.37. The van der Waals surface area contributed by atoms with Gasteiger partial charge in [0.05, 0.1) is 5.56 Å². The number of hydrogen-bond acceptors (Lipinski definition) is 8. The quantitative estimate of drug-likeness (QED) is 0.544. The summed E-state index contributed by atoms with van der Waals surface area (Å²) in [5.41, 5.74) is 6.25. The first-order valence-electron chi connectivity index (χ1n) is 9.68. The molecule has 1 saturated heterocycles. The lowest BCUT2D eigenvalue weighted by Crippen LogP contribution is -2.47. The Bertz CT molecular complexity index is 990. The van der Waals surface area contributed by atoms with Gasteiger partial charge in [0.25, 0.3) is 15.9 Å². The number of fused-ring (bicyclic) bond motifs is 1. The molecule has 0 atom stereocenters. The minimum absolute atomic E-state index is 0.0518. The third-order valence-electron chi connectivity index (χ3n) is 5.32. The summed E-state index contributed by atoms with van der Waals surface area (Å²) in [7, 11) is -3.76. The molecule has 0 saturated carbocycles. The number of nitrogens with zero attached hydrogens (tertiary/aromatic N) is 5. The van der Waals surface area contributed by atoms with E-state index in [-0.39, 0.29) is 17.0 Å². The van der Waals surface area contributed by atoms with Crippen molar-refractivity contribution in [3.63, 3.8) is 0 Å². The van der Waals surface area contributed by atoms with Crippen molar-refractivity contribution in [2.75, 3.05) is 49.9 Å². The molecule has 0 radical (unpaired) electrons. The molecular weight excluding hydrogens is 392 g/mol. The van der Waals surface area contributed by atoms with Gasteiger partial charge in [0, 0.05) is 50.8 Å². The summed E-state index contributed by atoms with van der Waals surface area (Å²) in [5.74, 6) is 0.272. The van der Waals surface area contributed by atoms with Crippen LogP contribution in [0.25, 0.3) is 0 Å². The second-order valence-corrected chi connectivity index (χ2v) is 9.05. The van der Waals surface area contributed by atoms with Crippen LogP contribution >= 0.6 is 0 Å². The van der Waals surface area contributed by atoms with Crippen molar-refractivity contribution in [3.05, 3.63) is 42.2 Å². The predicted octanol–water partition coefficient (Wildman–Crippen LogP) is 0.806. The maximum absolute atomic E-state index is 12.6. The van der Waals surface area contributed by atoms with Crippen LogP contribution in [0.3, 0.4) is 0 Å². The van der Waals surface area contributed by atoms with Crippen molar-refractivity contribution < 1.29 is 13.2 Å². The molecule has 1 amide bonds. The lowest BCUT2D eigenvalue weighted by Gasteiger charge is -2.34. The first-order valence-corrected chi connectivity index (χ1v) is 11.1. The number of benzene rings is 1. The number of sulfonamides is 1. The molecular formula is C19H24N6O3S. The zero-order valence-electron chi connectivity index (χ0n) is 16.1. The van der Waals surface area contributed by atoms with Crippen LogP contribution in [0.1, 0.15) is 23.2 Å². The van der Waals surface area contributed by atoms with E-state index in [0.29, 0.717) is 12.1 Å². The first-order chi connectivity index (χ1) is 14.0. The number of carbonyl (C=O) groups excluding carboxylic acids is 1. The van der Waals surface area contributed by atoms with E-state index in [1.807, 2.05) is 0 Å². The van der Waals surface area contributed by atoms with E-state index < -0.39 is 15.9 Å². The zero-order valence-corrected chi connectivity index (χ0v) is 16.9. The smallest absolute Gasteiger partial charge is 0.269 e. The second-order valence-electron chi connectivity index (χ2n) is 7.22. The van der Waals surface area contributed by atoms with Gasteiger partial charge < -0.3 is 10.6 Å². The molecule has 2 aliphatic heterocycles. The van der Waals surface area contributed by atoms with Crippen LogP contribution in [-0.4, -0.2) is 72.8 Å². The fourth-order valence-corrected chi connectivity index (χ4v) is 5.33. The van der Waals surface area contributed by atoms with Gasteiger partial charge in [-0.25, -0.2) is 22.7 Å². The predicted molar refractivity (Wildman–Crippen MR) is 109 cm³/mol. The van der Waals surface area contributed by atoms with E-state index in [1.165, 1.54) is 18.2 Å². The third-order valence-corrected chi connectivity index (χ3v) is 7.16. The fourth-order valence-electron chi connectivity index (χ4n) is 3.74. The van der Waals surface area contributed by atoms with Gasteiger partial charge >= 0.3 is 0 Å². The summed E-state index contributed by atoms with van der Waals surface area (Å²) < 4.78 is 26.2. The average Bonchev–Trinajstić information content (AvgIpc) is 2.92. The van der Waals surface area contributed by atoms with E-state index in [1.54, 1.807) is 18.5 Å². The number of rotatable bonds is 6. The number of nitrogens with two attached hydrogens (primary N) is 1. The Labute approximate surface area is 170 Å². The summed E-state index contributed by atoms with van der Waals surface area (Å²) in [6.45, 7) is 4.59. The SMILES string of the molecule is Nc1ccc2c(c1)C(=O)N(CCCCN1CCN(c3ncccn3)CC1)S2(=O)=O. The Hall–Kier alpha value is -2.72. The minimum Gasteiger partial charge on any atom is -0.399 e. The van der Waals surface area contributed by atoms with Gasteiger partial charge in [-0.2, -0.15) is 0 Å². The molecule has 0 bridgehead atoms. The maximum atomic E-state index is 12.6. The Morgan fingerprint density at radius 3 is 2.41 bits per heavy atom. The average molecular weight is 417 g/mol. The van der Waals surface area contributed by atoms with Gasteiger partial charge in [-0.05, 0) is 43.7 Å². The summed E-state index contributed by atoms with van der Waals surface area (Å²) in [5, 5.41) is 0. The van der Waals surface area contributed by atoms with Gasteiger partial charge in [0.2, 0.25) is 5.95 Å². The third kappa shape index (κ3) is 3.90. The summed E-state index contributed by atoms with van der Waals surface area (Å²) >= 11 is 0. The second kappa shape index (κ2) is 7.96. The molecule has 4 rings (SSSR count). The van der Waals surface area contributed by atoms with E-state index in [4.69, 9.17) is 5.73 Å². The van der Waals surface area contributed by atoms with E-state index >= 15 is 0 Å². The number of hydrogen-bond donors (Lipinski definition) is 1. The molecule has 0 aliphatic carbocycles. The Balaban J connectivity index is 1.25. The number of anilines is 2. The Morgan fingerprint density at radius 2 is 1.69 bits per heavy atom. The van der Waals surface area contributed by atoms with Crippen molar-refractivity contribution >= 4 is 27.6 Å². The van der Waals surface area contributed by atoms with Crippen molar-refractivity contribution in [1.29, 1.82) is 0 Å². The highest BCUT2D eigenvalue weighted by atomic mass is 32.2. The minimum atomic E-state index is -3.76. The Morgan fingerprint density at radius 1 is 1.00 bits per heavy atom. The van der Waals surface area contributed by atoms with Crippen LogP contribution in [0, 0.1) is 0 Å². The molecule has 2 N–H and O–H groups in total. The maximum Gasteiger partial charge on any atom is 0.269 e. The molecule has 2 aliphatic rings. The molecule has 10 heteroatoms. The van der Waals surface area contributed by atoms with Crippen molar-refractivity contribution in [2.24, 2.45) is 0 Å². The number of nitrogen functional groups attached to an aromatic ring is 1. The van der Waals surface area contributed by atoms with E-state index in [2.05, 4.69) is 19.8 Å². The summed E-state index contributed by atoms with van der Waals surface area (Å²) in [4.78, 5) is 25.6. The van der Waals surface area contributed by atoms with Gasteiger partial charge in [0.15, 0.2) is 0 Å². The molecule has 154 valence electrons. The van der Waals surface area contributed by atoms with Gasteiger partial charge in [-0.1, -0.05) is 0 Å². The molecule has 1 fully saturated rings. The molecule has 9 nitrogen and oxygen atoms in total. The van der Waals surface area contributed by atoms with Crippen molar-refractivity contribution in [2.45, 2.75) is 17.7 Å². The highest BCUT2D eigenvalue weighted by molar-refractivity contribution is 7.90. The molecule has 0 spiro atoms. The highest BCUT2D eigenvalue weighted by Crippen LogP contribution is 2.31. The van der Waals surface area contributed by atoms with Crippen molar-refractivity contribution in [1.82, 2.24) is 19.2 Å². The monoisotopic (exact) mass is 416 g/mol. The van der Waals surface area contributed by atoms with E-state index in [0.717, 1.165) is 49.4 Å².